The number of nitrogens with zero attached hydrogens (tertiary/aromatic N) is 4. The van der Waals surface area contributed by atoms with Crippen molar-refractivity contribution in [2.45, 2.75) is 32.6 Å². The smallest absolute Gasteiger partial charge is 0.267 e. The van der Waals surface area contributed by atoms with Crippen molar-refractivity contribution < 1.29 is 4.79 Å². The molecule has 1 saturated heterocycles. The predicted molar refractivity (Wildman–Crippen MR) is 80.2 cm³/mol. The molecule has 1 fully saturated rings. The molecule has 112 valence electrons. The minimum Gasteiger partial charge on any atom is -0.338 e. The summed E-state index contributed by atoms with van der Waals surface area (Å²) in [6, 6.07) is 2.00. The lowest BCUT2D eigenvalue weighted by Gasteiger charge is -2.32. The van der Waals surface area contributed by atoms with Gasteiger partial charge in [-0.1, -0.05) is 11.4 Å². The summed E-state index contributed by atoms with van der Waals surface area (Å²) in [5, 5.41) is 11.0. The van der Waals surface area contributed by atoms with E-state index in [1.165, 1.54) is 11.5 Å². The molecule has 1 amide bonds. The van der Waals surface area contributed by atoms with Crippen molar-refractivity contribution in [3.05, 3.63) is 28.5 Å². The van der Waals surface area contributed by atoms with Crippen LogP contribution >= 0.6 is 11.5 Å². The van der Waals surface area contributed by atoms with Crippen LogP contribution in [-0.4, -0.2) is 43.7 Å². The SMILES string of the molecule is CCc1nnsc1C(=O)N1CCC[C@@H](Cc2ccn[nH]2)C1. The fourth-order valence-corrected chi connectivity index (χ4v) is 3.59. The van der Waals surface area contributed by atoms with E-state index in [4.69, 9.17) is 0 Å². The Morgan fingerprint density at radius 2 is 2.48 bits per heavy atom. The van der Waals surface area contributed by atoms with Crippen LogP contribution in [0.1, 0.15) is 40.8 Å². The van der Waals surface area contributed by atoms with Gasteiger partial charge in [0, 0.05) is 25.0 Å². The Morgan fingerprint density at radius 1 is 1.57 bits per heavy atom. The number of carbonyl (C=O) groups is 1. The van der Waals surface area contributed by atoms with Crippen LogP contribution in [0.15, 0.2) is 12.3 Å². The molecular formula is C14H19N5OS. The van der Waals surface area contributed by atoms with Crippen LogP contribution in [0.4, 0.5) is 0 Å². The zero-order valence-corrected chi connectivity index (χ0v) is 12.9. The molecule has 21 heavy (non-hydrogen) atoms. The minimum absolute atomic E-state index is 0.0937. The molecule has 0 radical (unpaired) electrons. The van der Waals surface area contributed by atoms with Gasteiger partial charge in [-0.3, -0.25) is 9.89 Å². The maximum atomic E-state index is 12.6. The van der Waals surface area contributed by atoms with Crippen LogP contribution in [-0.2, 0) is 12.8 Å². The van der Waals surface area contributed by atoms with Crippen LogP contribution < -0.4 is 0 Å². The molecule has 3 rings (SSSR count). The average molecular weight is 305 g/mol. The lowest BCUT2D eigenvalue weighted by atomic mass is 9.93. The van der Waals surface area contributed by atoms with E-state index in [1.54, 1.807) is 6.20 Å². The summed E-state index contributed by atoms with van der Waals surface area (Å²) in [6.45, 7) is 3.64. The number of amides is 1. The van der Waals surface area contributed by atoms with Crippen LogP contribution in [0, 0.1) is 5.92 Å². The minimum atomic E-state index is 0.0937. The summed E-state index contributed by atoms with van der Waals surface area (Å²) in [4.78, 5) is 15.3. The van der Waals surface area contributed by atoms with Crippen molar-refractivity contribution in [3.8, 4) is 0 Å². The van der Waals surface area contributed by atoms with Crippen molar-refractivity contribution in [1.82, 2.24) is 24.7 Å². The van der Waals surface area contributed by atoms with E-state index in [1.807, 2.05) is 17.9 Å². The first-order valence-electron chi connectivity index (χ1n) is 7.36. The molecule has 0 saturated carbocycles. The number of piperidine rings is 1. The molecule has 0 unspecified atom stereocenters. The monoisotopic (exact) mass is 305 g/mol. The summed E-state index contributed by atoms with van der Waals surface area (Å²) in [5.74, 6) is 0.588. The number of likely N-dealkylation sites (tertiary alicyclic amines) is 1. The lowest BCUT2D eigenvalue weighted by Crippen LogP contribution is -2.40. The van der Waals surface area contributed by atoms with Gasteiger partial charge in [-0.15, -0.1) is 5.10 Å². The Morgan fingerprint density at radius 3 is 3.24 bits per heavy atom. The molecule has 6 nitrogen and oxygen atoms in total. The van der Waals surface area contributed by atoms with Gasteiger partial charge in [-0.25, -0.2) is 0 Å². The largest absolute Gasteiger partial charge is 0.338 e. The van der Waals surface area contributed by atoms with Gasteiger partial charge in [0.15, 0.2) is 0 Å². The summed E-state index contributed by atoms with van der Waals surface area (Å²) in [7, 11) is 0. The first kappa shape index (κ1) is 14.2. The fraction of sp³-hybridized carbons (Fsp3) is 0.571. The topological polar surface area (TPSA) is 74.8 Å². The van der Waals surface area contributed by atoms with Gasteiger partial charge < -0.3 is 4.90 Å². The van der Waals surface area contributed by atoms with E-state index in [9.17, 15) is 4.79 Å². The van der Waals surface area contributed by atoms with Crippen LogP contribution in [0.25, 0.3) is 0 Å². The van der Waals surface area contributed by atoms with E-state index < -0.39 is 0 Å². The number of rotatable bonds is 4. The molecule has 1 atom stereocenters. The molecule has 2 aromatic heterocycles. The van der Waals surface area contributed by atoms with Crippen molar-refractivity contribution in [2.24, 2.45) is 5.92 Å². The number of hydrogen-bond donors (Lipinski definition) is 1. The van der Waals surface area contributed by atoms with Gasteiger partial charge in [-0.05, 0) is 49.2 Å². The third-order valence-corrected chi connectivity index (χ3v) is 4.71. The second-order valence-electron chi connectivity index (χ2n) is 5.45. The molecule has 0 spiro atoms. The lowest BCUT2D eigenvalue weighted by molar-refractivity contribution is 0.0676. The molecule has 0 aromatic carbocycles. The molecule has 0 bridgehead atoms. The first-order chi connectivity index (χ1) is 10.3. The number of aromatic amines is 1. The highest BCUT2D eigenvalue weighted by molar-refractivity contribution is 7.08. The number of nitrogens with one attached hydrogen (secondary N) is 1. The average Bonchev–Trinajstić information content (AvgIpc) is 3.17. The summed E-state index contributed by atoms with van der Waals surface area (Å²) >= 11 is 1.21. The van der Waals surface area contributed by atoms with E-state index >= 15 is 0 Å². The highest BCUT2D eigenvalue weighted by atomic mass is 32.1. The van der Waals surface area contributed by atoms with Gasteiger partial charge in [0.1, 0.15) is 4.88 Å². The maximum Gasteiger partial charge on any atom is 0.267 e. The third kappa shape index (κ3) is 3.12. The number of carbonyl (C=O) groups excluding carboxylic acids is 1. The van der Waals surface area contributed by atoms with Crippen LogP contribution in [0.2, 0.25) is 0 Å². The van der Waals surface area contributed by atoms with Crippen molar-refractivity contribution in [3.63, 3.8) is 0 Å². The van der Waals surface area contributed by atoms with E-state index in [2.05, 4.69) is 19.8 Å². The Bertz CT molecular complexity index is 594. The van der Waals surface area contributed by atoms with Gasteiger partial charge in [-0.2, -0.15) is 5.10 Å². The summed E-state index contributed by atoms with van der Waals surface area (Å²) in [5.41, 5.74) is 1.96. The van der Waals surface area contributed by atoms with Gasteiger partial charge >= 0.3 is 0 Å². The first-order valence-corrected chi connectivity index (χ1v) is 8.14. The molecule has 1 aliphatic heterocycles. The molecule has 0 aliphatic carbocycles. The van der Waals surface area contributed by atoms with E-state index in [-0.39, 0.29) is 5.91 Å². The fourth-order valence-electron chi connectivity index (χ4n) is 2.87. The van der Waals surface area contributed by atoms with Gasteiger partial charge in [0.05, 0.1) is 5.69 Å². The van der Waals surface area contributed by atoms with Crippen LogP contribution in [0.3, 0.4) is 0 Å². The molecule has 1 N–H and O–H groups in total. The quantitative estimate of drug-likeness (QED) is 0.936. The van der Waals surface area contributed by atoms with Crippen LogP contribution in [0.5, 0.6) is 0 Å². The number of aryl methyl sites for hydroxylation is 1. The predicted octanol–water partition coefficient (Wildman–Crippen LogP) is 1.92. The Balaban J connectivity index is 1.66. The Hall–Kier alpha value is -1.76. The summed E-state index contributed by atoms with van der Waals surface area (Å²) in [6.07, 6.45) is 5.69. The van der Waals surface area contributed by atoms with Crippen molar-refractivity contribution in [1.29, 1.82) is 0 Å². The van der Waals surface area contributed by atoms with Gasteiger partial charge in [0.2, 0.25) is 0 Å². The molecule has 2 aromatic rings. The second kappa shape index (κ2) is 6.34. The van der Waals surface area contributed by atoms with Crippen molar-refractivity contribution in [2.75, 3.05) is 13.1 Å². The normalized spacial score (nSPS) is 18.9. The second-order valence-corrected chi connectivity index (χ2v) is 6.20. The van der Waals surface area contributed by atoms with Crippen molar-refractivity contribution >= 4 is 17.4 Å². The number of hydrogen-bond acceptors (Lipinski definition) is 5. The standard InChI is InChI=1S/C14H19N5OS/c1-2-12-13(21-18-17-12)14(20)19-7-3-4-10(9-19)8-11-5-6-15-16-11/h5-6,10H,2-4,7-9H2,1H3,(H,15,16)/t10-/m0/s1. The highest BCUT2D eigenvalue weighted by Crippen LogP contribution is 2.23. The third-order valence-electron chi connectivity index (χ3n) is 3.96. The van der Waals surface area contributed by atoms with Gasteiger partial charge in [0.25, 0.3) is 5.91 Å². The highest BCUT2D eigenvalue weighted by Gasteiger charge is 2.27. The number of H-pyrrole nitrogens is 1. The van der Waals surface area contributed by atoms with E-state index in [0.717, 1.165) is 50.2 Å². The Labute approximate surface area is 127 Å². The molecule has 1 aliphatic rings. The summed E-state index contributed by atoms with van der Waals surface area (Å²) < 4.78 is 3.92. The molecular weight excluding hydrogens is 286 g/mol. The molecule has 7 heteroatoms. The number of aromatic nitrogens is 4. The Kier molecular flexibility index (Phi) is 4.28. The zero-order chi connectivity index (χ0) is 14.7. The van der Waals surface area contributed by atoms with E-state index in [0.29, 0.717) is 10.8 Å². The molecule has 3 heterocycles. The zero-order valence-electron chi connectivity index (χ0n) is 12.1. The maximum absolute atomic E-state index is 12.6.